The molecule has 1 aromatic heterocycles. The highest BCUT2D eigenvalue weighted by Crippen LogP contribution is 2.32. The van der Waals surface area contributed by atoms with E-state index in [1.165, 1.54) is 0 Å². The minimum atomic E-state index is -4.54. The average molecular weight is 186 g/mol. The van der Waals surface area contributed by atoms with Gasteiger partial charge >= 0.3 is 6.18 Å². The van der Waals surface area contributed by atoms with Gasteiger partial charge in [0.15, 0.2) is 5.69 Å². The zero-order chi connectivity index (χ0) is 8.65. The zero-order valence-corrected chi connectivity index (χ0v) is 5.82. The molecule has 0 spiro atoms. The van der Waals surface area contributed by atoms with Crippen molar-refractivity contribution in [3.63, 3.8) is 0 Å². The van der Waals surface area contributed by atoms with Crippen LogP contribution in [0.25, 0.3) is 0 Å². The van der Waals surface area contributed by atoms with Crippen molar-refractivity contribution in [3.05, 3.63) is 16.9 Å². The van der Waals surface area contributed by atoms with E-state index in [4.69, 9.17) is 17.4 Å². The van der Waals surface area contributed by atoms with Crippen molar-refractivity contribution in [2.75, 3.05) is 5.84 Å². The highest BCUT2D eigenvalue weighted by Gasteiger charge is 2.36. The van der Waals surface area contributed by atoms with Gasteiger partial charge in [0.05, 0.1) is 11.2 Å². The Morgan fingerprint density at radius 1 is 1.55 bits per heavy atom. The molecular formula is C4H3ClF3N3. The molecule has 1 aromatic rings. The molecule has 0 saturated carbocycles. The molecule has 62 valence electrons. The Morgan fingerprint density at radius 3 is 2.27 bits per heavy atom. The number of halogens is 4. The fourth-order valence-electron chi connectivity index (χ4n) is 0.561. The molecule has 0 aliphatic heterocycles. The lowest BCUT2D eigenvalue weighted by Crippen LogP contribution is -2.12. The van der Waals surface area contributed by atoms with Crippen molar-refractivity contribution in [1.82, 2.24) is 9.89 Å². The molecule has 0 bridgehead atoms. The standard InChI is InChI=1S/C4H3ClF3N3/c5-2-1-11(9)10-3(2)4(6,7)8/h1H,9H2. The highest BCUT2D eigenvalue weighted by atomic mass is 35.5. The summed E-state index contributed by atoms with van der Waals surface area (Å²) in [7, 11) is 0. The van der Waals surface area contributed by atoms with Crippen LogP contribution in [0.2, 0.25) is 5.02 Å². The fraction of sp³-hybridized carbons (Fsp3) is 0.250. The maximum Gasteiger partial charge on any atom is 0.436 e. The van der Waals surface area contributed by atoms with Gasteiger partial charge in [0.1, 0.15) is 0 Å². The van der Waals surface area contributed by atoms with E-state index in [1.54, 1.807) is 0 Å². The lowest BCUT2D eigenvalue weighted by atomic mass is 10.4. The van der Waals surface area contributed by atoms with Crippen LogP contribution in [0.3, 0.4) is 0 Å². The number of nitrogens with two attached hydrogens (primary N) is 1. The SMILES string of the molecule is Nn1cc(Cl)c(C(F)(F)F)n1. The van der Waals surface area contributed by atoms with Crippen LogP contribution in [0, 0.1) is 0 Å². The molecule has 1 heterocycles. The molecule has 0 aliphatic rings. The van der Waals surface area contributed by atoms with Gasteiger partial charge in [-0.3, -0.25) is 0 Å². The Labute approximate surface area is 64.5 Å². The van der Waals surface area contributed by atoms with Gasteiger partial charge in [-0.2, -0.15) is 18.0 Å². The Balaban J connectivity index is 3.13. The third-order valence-electron chi connectivity index (χ3n) is 0.956. The van der Waals surface area contributed by atoms with E-state index in [0.717, 1.165) is 6.20 Å². The normalized spacial score (nSPS) is 12.0. The Bertz CT molecular complexity index is 266. The van der Waals surface area contributed by atoms with Crippen molar-refractivity contribution in [2.24, 2.45) is 0 Å². The quantitative estimate of drug-likeness (QED) is 0.619. The van der Waals surface area contributed by atoms with Crippen LogP contribution in [0.4, 0.5) is 13.2 Å². The second-order valence-corrected chi connectivity index (χ2v) is 2.21. The zero-order valence-electron chi connectivity index (χ0n) is 5.06. The maximum atomic E-state index is 11.8. The van der Waals surface area contributed by atoms with Crippen LogP contribution in [0.5, 0.6) is 0 Å². The monoisotopic (exact) mass is 185 g/mol. The van der Waals surface area contributed by atoms with Gasteiger partial charge in [0.2, 0.25) is 0 Å². The average Bonchev–Trinajstić information content (AvgIpc) is 2.08. The van der Waals surface area contributed by atoms with Gasteiger partial charge in [-0.15, -0.1) is 5.10 Å². The van der Waals surface area contributed by atoms with Crippen LogP contribution >= 0.6 is 11.6 Å². The number of nitrogen functional groups attached to an aromatic ring is 1. The topological polar surface area (TPSA) is 43.8 Å². The summed E-state index contributed by atoms with van der Waals surface area (Å²) in [5, 5.41) is 2.42. The first-order valence-corrected chi connectivity index (χ1v) is 2.86. The van der Waals surface area contributed by atoms with E-state index in [0.29, 0.717) is 4.79 Å². The first-order valence-electron chi connectivity index (χ1n) is 2.48. The van der Waals surface area contributed by atoms with Crippen LogP contribution in [-0.2, 0) is 6.18 Å². The van der Waals surface area contributed by atoms with Crippen molar-refractivity contribution in [3.8, 4) is 0 Å². The second-order valence-electron chi connectivity index (χ2n) is 1.80. The highest BCUT2D eigenvalue weighted by molar-refractivity contribution is 6.31. The number of aromatic nitrogens is 2. The maximum absolute atomic E-state index is 11.8. The van der Waals surface area contributed by atoms with Gasteiger partial charge in [-0.25, -0.2) is 0 Å². The first kappa shape index (κ1) is 8.19. The summed E-state index contributed by atoms with van der Waals surface area (Å²) < 4.78 is 35.5. The number of alkyl halides is 3. The molecular weight excluding hydrogens is 183 g/mol. The molecule has 0 radical (unpaired) electrons. The number of hydrogen-bond acceptors (Lipinski definition) is 2. The summed E-state index contributed by atoms with van der Waals surface area (Å²) in [6.07, 6.45) is -3.66. The molecule has 0 atom stereocenters. The number of rotatable bonds is 0. The lowest BCUT2D eigenvalue weighted by Gasteiger charge is -2.00. The van der Waals surface area contributed by atoms with Gasteiger partial charge in [0.25, 0.3) is 0 Å². The fourth-order valence-corrected chi connectivity index (χ4v) is 0.806. The van der Waals surface area contributed by atoms with Crippen LogP contribution < -0.4 is 5.84 Å². The smallest absolute Gasteiger partial charge is 0.323 e. The summed E-state index contributed by atoms with van der Waals surface area (Å²) in [4.78, 5) is 0.519. The summed E-state index contributed by atoms with van der Waals surface area (Å²) >= 11 is 5.15. The minimum Gasteiger partial charge on any atom is -0.323 e. The molecule has 11 heavy (non-hydrogen) atoms. The second kappa shape index (κ2) is 2.30. The Hall–Kier alpha value is -0.910. The van der Waals surface area contributed by atoms with E-state index < -0.39 is 16.9 Å². The van der Waals surface area contributed by atoms with E-state index in [9.17, 15) is 13.2 Å². The summed E-state index contributed by atoms with van der Waals surface area (Å²) in [6, 6.07) is 0. The van der Waals surface area contributed by atoms with Gasteiger partial charge in [0, 0.05) is 0 Å². The van der Waals surface area contributed by atoms with E-state index in [-0.39, 0.29) is 0 Å². The van der Waals surface area contributed by atoms with E-state index >= 15 is 0 Å². The molecule has 0 fully saturated rings. The minimum absolute atomic E-state index is 0.500. The predicted octanol–water partition coefficient (Wildman–Crippen LogP) is 1.27. The van der Waals surface area contributed by atoms with Crippen molar-refractivity contribution in [1.29, 1.82) is 0 Å². The van der Waals surface area contributed by atoms with Crippen LogP contribution in [-0.4, -0.2) is 9.89 Å². The van der Waals surface area contributed by atoms with E-state index in [2.05, 4.69) is 5.10 Å². The molecule has 7 heteroatoms. The Kier molecular flexibility index (Phi) is 1.71. The van der Waals surface area contributed by atoms with Gasteiger partial charge < -0.3 is 5.84 Å². The molecule has 0 aromatic carbocycles. The molecule has 1 rings (SSSR count). The van der Waals surface area contributed by atoms with Crippen LogP contribution in [0.15, 0.2) is 6.20 Å². The molecule has 0 amide bonds. The lowest BCUT2D eigenvalue weighted by molar-refractivity contribution is -0.141. The number of hydrogen-bond donors (Lipinski definition) is 1. The summed E-state index contributed by atoms with van der Waals surface area (Å²) in [6.45, 7) is 0. The first-order chi connectivity index (χ1) is 4.91. The van der Waals surface area contributed by atoms with Crippen molar-refractivity contribution >= 4 is 11.6 Å². The van der Waals surface area contributed by atoms with Crippen LogP contribution in [0.1, 0.15) is 5.69 Å². The third kappa shape index (κ3) is 1.56. The number of nitrogens with zero attached hydrogens (tertiary/aromatic N) is 2. The van der Waals surface area contributed by atoms with Crippen molar-refractivity contribution in [2.45, 2.75) is 6.18 Å². The Morgan fingerprint density at radius 2 is 2.09 bits per heavy atom. The molecule has 0 unspecified atom stereocenters. The van der Waals surface area contributed by atoms with Gasteiger partial charge in [-0.1, -0.05) is 11.6 Å². The third-order valence-corrected chi connectivity index (χ3v) is 1.23. The van der Waals surface area contributed by atoms with Gasteiger partial charge in [-0.05, 0) is 0 Å². The molecule has 0 aliphatic carbocycles. The van der Waals surface area contributed by atoms with Crippen molar-refractivity contribution < 1.29 is 13.2 Å². The summed E-state index contributed by atoms with van der Waals surface area (Å²) in [5.41, 5.74) is -1.17. The molecule has 0 saturated heterocycles. The largest absolute Gasteiger partial charge is 0.436 e. The summed E-state index contributed by atoms with van der Waals surface area (Å²) in [5.74, 6) is 4.90. The molecule has 3 nitrogen and oxygen atoms in total. The predicted molar refractivity (Wildman–Crippen MR) is 32.4 cm³/mol. The van der Waals surface area contributed by atoms with E-state index in [1.807, 2.05) is 0 Å². The molecule has 2 N–H and O–H groups in total.